The molecule has 0 radical (unpaired) electrons. The van der Waals surface area contributed by atoms with Crippen molar-refractivity contribution >= 4 is 27.9 Å². The fourth-order valence-corrected chi connectivity index (χ4v) is 3.70. The van der Waals surface area contributed by atoms with Gasteiger partial charge in [0.25, 0.3) is 4.96 Å². The molecule has 3 aromatic heterocycles. The fourth-order valence-electron chi connectivity index (χ4n) is 3.00. The van der Waals surface area contributed by atoms with Gasteiger partial charge in [0.2, 0.25) is 11.7 Å². The third kappa shape index (κ3) is 3.13. The molecule has 0 unspecified atom stereocenters. The third-order valence-corrected chi connectivity index (χ3v) is 4.96. The second-order valence-corrected chi connectivity index (χ2v) is 6.75. The molecule has 0 N–H and O–H groups in total. The molecule has 0 amide bonds. The van der Waals surface area contributed by atoms with E-state index in [2.05, 4.69) is 20.0 Å². The molecule has 26 heavy (non-hydrogen) atoms. The van der Waals surface area contributed by atoms with E-state index in [0.29, 0.717) is 48.7 Å². The molecule has 1 aliphatic rings. The molecule has 138 valence electrons. The average Bonchev–Trinajstić information content (AvgIpc) is 3.31. The molecule has 12 heteroatoms. The third-order valence-electron chi connectivity index (χ3n) is 4.21. The fraction of sp³-hybridized carbons (Fsp3) is 0.500. The minimum Gasteiger partial charge on any atom is -0.377 e. The van der Waals surface area contributed by atoms with E-state index in [9.17, 15) is 10.1 Å². The number of anilines is 1. The first-order chi connectivity index (χ1) is 12.7. The first kappa shape index (κ1) is 16.9. The largest absolute Gasteiger partial charge is 0.377 e. The van der Waals surface area contributed by atoms with E-state index in [0.717, 1.165) is 13.1 Å². The molecule has 0 bridgehead atoms. The normalized spacial score (nSPS) is 15.8. The predicted octanol–water partition coefficient (Wildman–Crippen LogP) is 1.16. The lowest BCUT2D eigenvalue weighted by atomic mass is 10.3. The smallest absolute Gasteiger partial charge is 0.373 e. The van der Waals surface area contributed by atoms with Crippen LogP contribution < -0.4 is 4.90 Å². The van der Waals surface area contributed by atoms with Crippen LogP contribution in [0.2, 0.25) is 0 Å². The Morgan fingerprint density at radius 1 is 1.35 bits per heavy atom. The van der Waals surface area contributed by atoms with E-state index in [1.54, 1.807) is 18.7 Å². The molecule has 0 atom stereocenters. The number of hydrogen-bond acceptors (Lipinski definition) is 10. The van der Waals surface area contributed by atoms with E-state index in [4.69, 9.17) is 9.26 Å². The van der Waals surface area contributed by atoms with Crippen LogP contribution in [-0.4, -0.2) is 62.6 Å². The molecule has 1 aliphatic heterocycles. The Morgan fingerprint density at radius 3 is 2.88 bits per heavy atom. The van der Waals surface area contributed by atoms with Crippen LogP contribution in [0.15, 0.2) is 16.1 Å². The average molecular weight is 379 g/mol. The predicted molar refractivity (Wildman–Crippen MR) is 92.2 cm³/mol. The van der Waals surface area contributed by atoms with Crippen molar-refractivity contribution in [3.05, 3.63) is 33.4 Å². The van der Waals surface area contributed by atoms with Crippen molar-refractivity contribution in [2.45, 2.75) is 13.2 Å². The van der Waals surface area contributed by atoms with E-state index in [1.807, 2.05) is 4.90 Å². The van der Waals surface area contributed by atoms with Crippen LogP contribution in [0.3, 0.4) is 0 Å². The number of nitro groups is 1. The molecule has 3 aromatic rings. The summed E-state index contributed by atoms with van der Waals surface area (Å²) in [4.78, 5) is 24.6. The number of fused-ring (bicyclic) bond motifs is 1. The molecular formula is C14H17N7O4S. The Labute approximate surface area is 151 Å². The number of piperazine rings is 1. The van der Waals surface area contributed by atoms with E-state index in [-0.39, 0.29) is 10.7 Å². The summed E-state index contributed by atoms with van der Waals surface area (Å²) < 4.78 is 11.7. The highest BCUT2D eigenvalue weighted by atomic mass is 32.1. The van der Waals surface area contributed by atoms with Gasteiger partial charge in [-0.2, -0.15) is 14.4 Å². The second kappa shape index (κ2) is 6.97. The van der Waals surface area contributed by atoms with Gasteiger partial charge in [0, 0.05) is 38.7 Å². The Balaban J connectivity index is 1.42. The van der Waals surface area contributed by atoms with Crippen molar-refractivity contribution in [3.8, 4) is 0 Å². The van der Waals surface area contributed by atoms with Crippen molar-refractivity contribution in [1.29, 1.82) is 0 Å². The van der Waals surface area contributed by atoms with Gasteiger partial charge in [0.15, 0.2) is 5.82 Å². The zero-order valence-electron chi connectivity index (χ0n) is 14.1. The molecule has 1 saturated heterocycles. The van der Waals surface area contributed by atoms with Gasteiger partial charge >= 0.3 is 5.82 Å². The van der Waals surface area contributed by atoms with Gasteiger partial charge in [-0.05, 0) is 4.92 Å². The number of nitrogens with zero attached hydrogens (tertiary/aromatic N) is 7. The van der Waals surface area contributed by atoms with Crippen LogP contribution in [-0.2, 0) is 17.9 Å². The minimum absolute atomic E-state index is 0.0239. The first-order valence-electron chi connectivity index (χ1n) is 8.03. The summed E-state index contributed by atoms with van der Waals surface area (Å²) in [6.07, 6.45) is 1.68. The zero-order valence-corrected chi connectivity index (χ0v) is 14.9. The number of thiazole rings is 1. The van der Waals surface area contributed by atoms with Gasteiger partial charge in [-0.1, -0.05) is 16.5 Å². The van der Waals surface area contributed by atoms with Gasteiger partial charge in [0.05, 0.1) is 6.54 Å². The van der Waals surface area contributed by atoms with Crippen molar-refractivity contribution < 1.29 is 14.2 Å². The quantitative estimate of drug-likeness (QED) is 0.459. The van der Waals surface area contributed by atoms with E-state index < -0.39 is 0 Å². The summed E-state index contributed by atoms with van der Waals surface area (Å²) in [7, 11) is 1.58. The first-order valence-corrected chi connectivity index (χ1v) is 8.91. The molecule has 0 aliphatic carbocycles. The molecular weight excluding hydrogens is 362 g/mol. The van der Waals surface area contributed by atoms with Crippen LogP contribution in [0, 0.1) is 10.1 Å². The number of imidazole rings is 1. The highest BCUT2D eigenvalue weighted by Gasteiger charge is 2.30. The maximum Gasteiger partial charge on any atom is 0.373 e. The molecule has 4 heterocycles. The summed E-state index contributed by atoms with van der Waals surface area (Å²) in [5.41, 5.74) is 0. The molecule has 1 fully saturated rings. The molecule has 4 rings (SSSR count). The lowest BCUT2D eigenvalue weighted by Crippen LogP contribution is -2.46. The van der Waals surface area contributed by atoms with Crippen molar-refractivity contribution in [2.24, 2.45) is 0 Å². The number of methoxy groups -OCH3 is 1. The van der Waals surface area contributed by atoms with Gasteiger partial charge in [-0.3, -0.25) is 4.90 Å². The lowest BCUT2D eigenvalue weighted by molar-refractivity contribution is -0.389. The maximum absolute atomic E-state index is 11.5. The zero-order chi connectivity index (χ0) is 18.1. The van der Waals surface area contributed by atoms with Crippen molar-refractivity contribution in [3.63, 3.8) is 0 Å². The molecule has 11 nitrogen and oxygen atoms in total. The molecule has 0 saturated carbocycles. The number of hydrogen-bond donors (Lipinski definition) is 0. The lowest BCUT2D eigenvalue weighted by Gasteiger charge is -2.33. The van der Waals surface area contributed by atoms with Gasteiger partial charge in [-0.25, -0.2) is 0 Å². The topological polar surface area (TPSA) is 115 Å². The minimum atomic E-state index is -0.371. The molecule has 0 spiro atoms. The second-order valence-electron chi connectivity index (χ2n) is 5.87. The van der Waals surface area contributed by atoms with Gasteiger partial charge in [-0.15, -0.1) is 0 Å². The summed E-state index contributed by atoms with van der Waals surface area (Å²) in [5.74, 6) is 1.52. The standard InChI is InChI=1S/C14H17N7O4S/c1-24-9-10-15-11(25-17-10)8-18-2-4-19(5-3-18)12-13(21(22)23)20-6-7-26-14(20)16-12/h6-7H,2-5,8-9H2,1H3. The Kier molecular flexibility index (Phi) is 4.53. The molecule has 0 aromatic carbocycles. The highest BCUT2D eigenvalue weighted by molar-refractivity contribution is 7.15. The Morgan fingerprint density at radius 2 is 2.15 bits per heavy atom. The van der Waals surface area contributed by atoms with Crippen LogP contribution in [0.1, 0.15) is 11.7 Å². The Bertz CT molecular complexity index is 912. The Hall–Kier alpha value is -2.57. The number of rotatable bonds is 6. The summed E-state index contributed by atoms with van der Waals surface area (Å²) in [6.45, 7) is 3.60. The van der Waals surface area contributed by atoms with E-state index >= 15 is 0 Å². The van der Waals surface area contributed by atoms with Crippen LogP contribution >= 0.6 is 11.3 Å². The summed E-state index contributed by atoms with van der Waals surface area (Å²) in [6, 6.07) is 0. The van der Waals surface area contributed by atoms with Gasteiger partial charge in [0.1, 0.15) is 12.8 Å². The summed E-state index contributed by atoms with van der Waals surface area (Å²) in [5, 5.41) is 17.1. The van der Waals surface area contributed by atoms with Crippen LogP contribution in [0.25, 0.3) is 4.96 Å². The maximum atomic E-state index is 11.5. The summed E-state index contributed by atoms with van der Waals surface area (Å²) >= 11 is 1.38. The number of aromatic nitrogens is 4. The van der Waals surface area contributed by atoms with Crippen molar-refractivity contribution in [2.75, 3.05) is 38.2 Å². The SMILES string of the molecule is COCc1noc(CN2CCN(c3nc4sccn4c3[N+](=O)[O-])CC2)n1. The highest BCUT2D eigenvalue weighted by Crippen LogP contribution is 2.31. The van der Waals surface area contributed by atoms with Crippen LogP contribution in [0.4, 0.5) is 11.6 Å². The van der Waals surface area contributed by atoms with Gasteiger partial charge < -0.3 is 24.3 Å². The van der Waals surface area contributed by atoms with E-state index in [1.165, 1.54) is 15.7 Å². The monoisotopic (exact) mass is 379 g/mol. The van der Waals surface area contributed by atoms with Crippen LogP contribution in [0.5, 0.6) is 0 Å². The number of ether oxygens (including phenoxy) is 1. The van der Waals surface area contributed by atoms with Crippen molar-refractivity contribution in [1.82, 2.24) is 24.4 Å².